The van der Waals surface area contributed by atoms with E-state index in [0.29, 0.717) is 14.6 Å². The Morgan fingerprint density at radius 1 is 1.30 bits per heavy atom. The Balaban J connectivity index is 0.000000277. The highest BCUT2D eigenvalue weighted by Gasteiger charge is 2.19. The van der Waals surface area contributed by atoms with E-state index in [1.807, 2.05) is 12.1 Å². The van der Waals surface area contributed by atoms with Crippen molar-refractivity contribution in [3.63, 3.8) is 0 Å². The number of hydrogen-bond donors (Lipinski definition) is 1. The lowest BCUT2D eigenvalue weighted by molar-refractivity contribution is 0.0514. The first-order valence-corrected chi connectivity index (χ1v) is 7.74. The van der Waals surface area contributed by atoms with Gasteiger partial charge in [-0.25, -0.2) is 4.79 Å². The molecule has 0 amide bonds. The summed E-state index contributed by atoms with van der Waals surface area (Å²) in [5.74, 6) is 0. The molecule has 0 aliphatic rings. The van der Waals surface area contributed by atoms with Crippen LogP contribution in [0.3, 0.4) is 0 Å². The summed E-state index contributed by atoms with van der Waals surface area (Å²) in [6.07, 6.45) is 2.33. The summed E-state index contributed by atoms with van der Waals surface area (Å²) in [5, 5.41) is 26.7. The minimum atomic E-state index is -0.607. The van der Waals surface area contributed by atoms with Crippen molar-refractivity contribution in [3.05, 3.63) is 32.7 Å². The summed E-state index contributed by atoms with van der Waals surface area (Å²) in [7, 11) is 0. The van der Waals surface area contributed by atoms with Crippen molar-refractivity contribution in [1.29, 1.82) is 10.5 Å². The molecule has 8 nitrogen and oxygen atoms in total. The molecular weight excluding hydrogens is 432 g/mol. The third kappa shape index (κ3) is 5.85. The van der Waals surface area contributed by atoms with Gasteiger partial charge in [-0.2, -0.15) is 25.4 Å². The van der Waals surface area contributed by atoms with E-state index in [1.54, 1.807) is 27.0 Å². The van der Waals surface area contributed by atoms with Gasteiger partial charge in [0, 0.05) is 0 Å². The molecule has 0 aliphatic carbocycles. The number of nitrogens with one attached hydrogen (secondary N) is 1. The zero-order chi connectivity index (χ0) is 17.6. The van der Waals surface area contributed by atoms with Crippen LogP contribution in [0.5, 0.6) is 0 Å². The number of nitriles is 2. The lowest BCUT2D eigenvalue weighted by Gasteiger charge is -2.18. The lowest BCUT2D eigenvalue weighted by Crippen LogP contribution is -2.27. The van der Waals surface area contributed by atoms with Crippen LogP contribution in [-0.2, 0) is 4.74 Å². The van der Waals surface area contributed by atoms with Crippen LogP contribution in [0.1, 0.15) is 32.2 Å². The number of ether oxygens (including phenoxy) is 1. The van der Waals surface area contributed by atoms with Crippen molar-refractivity contribution in [3.8, 4) is 12.1 Å². The maximum atomic E-state index is 11.5. The Morgan fingerprint density at radius 3 is 2.30 bits per heavy atom. The third-order valence-corrected chi connectivity index (χ3v) is 3.24. The lowest BCUT2D eigenvalue weighted by atomic mass is 10.2. The number of rotatable bonds is 0. The Kier molecular flexibility index (Phi) is 6.49. The Morgan fingerprint density at radius 2 is 1.96 bits per heavy atom. The minimum absolute atomic E-state index is 0.154. The fourth-order valence-electron chi connectivity index (χ4n) is 1.18. The third-order valence-electron chi connectivity index (χ3n) is 2.06. The highest BCUT2D eigenvalue weighted by atomic mass is 79.9. The molecule has 0 unspecified atom stereocenters. The number of halogens is 2. The molecule has 0 fully saturated rings. The molecule has 120 valence electrons. The van der Waals surface area contributed by atoms with Crippen molar-refractivity contribution in [2.45, 2.75) is 26.4 Å². The van der Waals surface area contributed by atoms with Gasteiger partial charge in [0.2, 0.25) is 0 Å². The average molecular weight is 444 g/mol. The molecule has 0 bridgehead atoms. The molecule has 0 saturated carbocycles. The first-order valence-electron chi connectivity index (χ1n) is 6.15. The first-order chi connectivity index (χ1) is 10.7. The zero-order valence-electron chi connectivity index (χ0n) is 12.5. The number of carbonyl (C=O) groups is 1. The van der Waals surface area contributed by atoms with E-state index in [0.717, 1.165) is 4.68 Å². The number of H-pyrrole nitrogens is 1. The highest BCUT2D eigenvalue weighted by Crippen LogP contribution is 2.15. The van der Waals surface area contributed by atoms with Gasteiger partial charge in [-0.05, 0) is 52.6 Å². The number of carbonyl (C=O) groups excluding carboxylic acids is 1. The van der Waals surface area contributed by atoms with E-state index in [4.69, 9.17) is 15.3 Å². The van der Waals surface area contributed by atoms with Gasteiger partial charge in [0.1, 0.15) is 23.4 Å². The maximum absolute atomic E-state index is 11.5. The molecule has 0 atom stereocenters. The predicted octanol–water partition coefficient (Wildman–Crippen LogP) is 3.34. The SMILES string of the molecule is CC(C)(C)OC(=O)n1cc(Br)c(C#N)n1.N#Cc1[nH]ncc1Br. The predicted molar refractivity (Wildman–Crippen MR) is 87.3 cm³/mol. The smallest absolute Gasteiger partial charge is 0.435 e. The van der Waals surface area contributed by atoms with Gasteiger partial charge in [0.25, 0.3) is 0 Å². The number of aromatic nitrogens is 4. The van der Waals surface area contributed by atoms with E-state index >= 15 is 0 Å². The van der Waals surface area contributed by atoms with Gasteiger partial charge in [0.15, 0.2) is 5.69 Å². The van der Waals surface area contributed by atoms with Crippen LogP contribution in [0.4, 0.5) is 4.79 Å². The topological polar surface area (TPSA) is 120 Å². The Labute approximate surface area is 149 Å². The Hall–Kier alpha value is -2.17. The summed E-state index contributed by atoms with van der Waals surface area (Å²) < 4.78 is 7.24. The van der Waals surface area contributed by atoms with Gasteiger partial charge in [-0.3, -0.25) is 5.10 Å². The molecule has 23 heavy (non-hydrogen) atoms. The fourth-order valence-corrected chi connectivity index (χ4v) is 1.82. The molecule has 0 radical (unpaired) electrons. The summed E-state index contributed by atoms with van der Waals surface area (Å²) in [6.45, 7) is 5.28. The van der Waals surface area contributed by atoms with Crippen LogP contribution < -0.4 is 0 Å². The second-order valence-corrected chi connectivity index (χ2v) is 6.78. The standard InChI is InChI=1S/C9H10BrN3O2.C4H2BrN3/c1-9(2,3)15-8(14)13-5-6(10)7(4-11)12-13;5-3-2-7-8-4(3)1-6/h5H,1-3H3;2H,(H,7,8). The van der Waals surface area contributed by atoms with Crippen molar-refractivity contribution >= 4 is 38.0 Å². The second-order valence-electron chi connectivity index (χ2n) is 5.07. The van der Waals surface area contributed by atoms with Crippen LogP contribution in [0.2, 0.25) is 0 Å². The quantitative estimate of drug-likeness (QED) is 0.666. The van der Waals surface area contributed by atoms with E-state index in [-0.39, 0.29) is 5.69 Å². The molecule has 2 rings (SSSR count). The molecule has 2 aromatic rings. The summed E-state index contributed by atoms with van der Waals surface area (Å²) in [6, 6.07) is 3.76. The van der Waals surface area contributed by atoms with Gasteiger partial charge in [0.05, 0.1) is 21.3 Å². The number of hydrogen-bond acceptors (Lipinski definition) is 6. The van der Waals surface area contributed by atoms with Crippen LogP contribution >= 0.6 is 31.9 Å². The average Bonchev–Trinajstić information content (AvgIpc) is 3.03. The van der Waals surface area contributed by atoms with Crippen LogP contribution in [0.15, 0.2) is 21.3 Å². The van der Waals surface area contributed by atoms with Gasteiger partial charge < -0.3 is 4.74 Å². The van der Waals surface area contributed by atoms with Crippen molar-refractivity contribution in [2.75, 3.05) is 0 Å². The van der Waals surface area contributed by atoms with E-state index in [2.05, 4.69) is 47.2 Å². The normalized spacial score (nSPS) is 10.0. The maximum Gasteiger partial charge on any atom is 0.435 e. The molecule has 1 N–H and O–H groups in total. The molecule has 2 heterocycles. The van der Waals surface area contributed by atoms with Crippen molar-refractivity contribution < 1.29 is 9.53 Å². The molecular formula is C13H12Br2N6O2. The Bertz CT molecular complexity index is 776. The molecule has 2 aromatic heterocycles. The van der Waals surface area contributed by atoms with Gasteiger partial charge in [-0.1, -0.05) is 0 Å². The molecule has 0 aromatic carbocycles. The number of aromatic amines is 1. The van der Waals surface area contributed by atoms with Gasteiger partial charge in [-0.15, -0.1) is 0 Å². The largest absolute Gasteiger partial charge is 0.442 e. The van der Waals surface area contributed by atoms with E-state index in [1.165, 1.54) is 6.20 Å². The first kappa shape index (κ1) is 18.9. The van der Waals surface area contributed by atoms with Crippen molar-refractivity contribution in [2.24, 2.45) is 0 Å². The number of nitrogens with zero attached hydrogens (tertiary/aromatic N) is 5. The summed E-state index contributed by atoms with van der Waals surface area (Å²) in [4.78, 5) is 11.5. The molecule has 0 saturated heterocycles. The molecule has 10 heteroatoms. The monoisotopic (exact) mass is 442 g/mol. The second kappa shape index (κ2) is 7.90. The summed E-state index contributed by atoms with van der Waals surface area (Å²) >= 11 is 6.22. The van der Waals surface area contributed by atoms with E-state index < -0.39 is 11.7 Å². The minimum Gasteiger partial charge on any atom is -0.442 e. The van der Waals surface area contributed by atoms with Crippen LogP contribution in [-0.4, -0.2) is 31.7 Å². The van der Waals surface area contributed by atoms with Crippen LogP contribution in [0.25, 0.3) is 0 Å². The molecule has 0 aliphatic heterocycles. The van der Waals surface area contributed by atoms with Gasteiger partial charge >= 0.3 is 6.09 Å². The van der Waals surface area contributed by atoms with E-state index in [9.17, 15) is 4.79 Å². The fraction of sp³-hybridized carbons (Fsp3) is 0.308. The molecule has 0 spiro atoms. The zero-order valence-corrected chi connectivity index (χ0v) is 15.6. The highest BCUT2D eigenvalue weighted by molar-refractivity contribution is 9.10. The van der Waals surface area contributed by atoms with Crippen LogP contribution in [0, 0.1) is 22.7 Å². The van der Waals surface area contributed by atoms with Crippen molar-refractivity contribution in [1.82, 2.24) is 20.0 Å². The summed E-state index contributed by atoms with van der Waals surface area (Å²) in [5.41, 5.74) is 0.0355.